The predicted molar refractivity (Wildman–Crippen MR) is 113 cm³/mol. The normalized spacial score (nSPS) is 29.1. The van der Waals surface area contributed by atoms with Crippen LogP contribution in [0.3, 0.4) is 0 Å². The van der Waals surface area contributed by atoms with Crippen LogP contribution in [0.15, 0.2) is 0 Å². The molecule has 0 radical (unpaired) electrons. The predicted octanol–water partition coefficient (Wildman–Crippen LogP) is 4.49. The Morgan fingerprint density at radius 2 is 1.38 bits per heavy atom. The largest absolute Gasteiger partial charge is 0.411 e. The Balaban J connectivity index is 3.17. The average molecular weight is 406 g/mol. The highest BCUT2D eigenvalue weighted by Gasteiger charge is 2.49. The first-order valence-corrected chi connectivity index (χ1v) is 15.6. The summed E-state index contributed by atoms with van der Waals surface area (Å²) in [5, 5.41) is 0.241. The molecule has 4 atom stereocenters. The molecule has 0 aromatic carbocycles. The summed E-state index contributed by atoms with van der Waals surface area (Å²) in [6.45, 7) is 23.1. The fourth-order valence-electron chi connectivity index (χ4n) is 2.55. The standard InChI is InChI=1S/C19H43NO4Si2/c1-18(2,3)25(8,9)23-15-12-14(13-20)22-17(21-7)16(15)24-26(10,11)19(4,5)6/h14-17H,12-13,20H2,1-11H3/t14-,15-,16+,17-/m0/s1. The first-order chi connectivity index (χ1) is 11.6. The molecule has 0 aliphatic carbocycles. The second-order valence-corrected chi connectivity index (χ2v) is 20.1. The van der Waals surface area contributed by atoms with Crippen LogP contribution in [0.1, 0.15) is 48.0 Å². The zero-order chi connectivity index (χ0) is 20.6. The smallest absolute Gasteiger partial charge is 0.192 e. The summed E-state index contributed by atoms with van der Waals surface area (Å²) in [7, 11) is -2.28. The molecule has 1 saturated heterocycles. The van der Waals surface area contributed by atoms with Gasteiger partial charge in [-0.15, -0.1) is 0 Å². The number of ether oxygens (including phenoxy) is 2. The van der Waals surface area contributed by atoms with Crippen molar-refractivity contribution in [3.05, 3.63) is 0 Å². The topological polar surface area (TPSA) is 62.9 Å². The monoisotopic (exact) mass is 405 g/mol. The number of hydrogen-bond donors (Lipinski definition) is 1. The second kappa shape index (κ2) is 8.31. The van der Waals surface area contributed by atoms with Gasteiger partial charge in [-0.25, -0.2) is 0 Å². The lowest BCUT2D eigenvalue weighted by atomic mass is 10.0. The second-order valence-electron chi connectivity index (χ2n) is 10.6. The minimum Gasteiger partial charge on any atom is -0.411 e. The number of hydrogen-bond acceptors (Lipinski definition) is 5. The van der Waals surface area contributed by atoms with Gasteiger partial charge in [0, 0.05) is 20.1 Å². The van der Waals surface area contributed by atoms with Crippen LogP contribution in [0.5, 0.6) is 0 Å². The van der Waals surface area contributed by atoms with Crippen molar-refractivity contribution in [2.24, 2.45) is 5.73 Å². The van der Waals surface area contributed by atoms with Crippen molar-refractivity contribution in [1.82, 2.24) is 0 Å². The van der Waals surface area contributed by atoms with Gasteiger partial charge in [-0.3, -0.25) is 0 Å². The van der Waals surface area contributed by atoms with E-state index in [2.05, 4.69) is 67.7 Å². The maximum absolute atomic E-state index is 6.80. The van der Waals surface area contributed by atoms with Crippen molar-refractivity contribution in [2.45, 2.75) is 109 Å². The molecule has 0 unspecified atom stereocenters. The van der Waals surface area contributed by atoms with Crippen LogP contribution in [-0.2, 0) is 18.3 Å². The van der Waals surface area contributed by atoms with Gasteiger partial charge < -0.3 is 24.1 Å². The molecule has 0 aromatic rings. The summed E-state index contributed by atoms with van der Waals surface area (Å²) >= 11 is 0. The first-order valence-electron chi connectivity index (χ1n) is 9.79. The Kier molecular flexibility index (Phi) is 7.76. The lowest BCUT2D eigenvalue weighted by molar-refractivity contribution is -0.248. The Labute approximate surface area is 163 Å². The van der Waals surface area contributed by atoms with Crippen LogP contribution >= 0.6 is 0 Å². The third kappa shape index (κ3) is 5.62. The van der Waals surface area contributed by atoms with E-state index in [1.54, 1.807) is 7.11 Å². The minimum atomic E-state index is -2.00. The molecule has 1 rings (SSSR count). The first kappa shape index (κ1) is 24.3. The summed E-state index contributed by atoms with van der Waals surface area (Å²) in [6.07, 6.45) is -0.0347. The highest BCUT2D eigenvalue weighted by atomic mass is 28.4. The molecule has 0 saturated carbocycles. The van der Waals surface area contributed by atoms with E-state index < -0.39 is 22.9 Å². The molecule has 0 bridgehead atoms. The number of nitrogens with two attached hydrogens (primary N) is 1. The van der Waals surface area contributed by atoms with Gasteiger partial charge in [0.15, 0.2) is 22.9 Å². The number of rotatable bonds is 6. The van der Waals surface area contributed by atoms with E-state index in [4.69, 9.17) is 24.1 Å². The highest BCUT2D eigenvalue weighted by molar-refractivity contribution is 6.74. The van der Waals surface area contributed by atoms with E-state index in [1.807, 2.05) is 0 Å². The summed E-state index contributed by atoms with van der Waals surface area (Å²) in [5.41, 5.74) is 5.92. The Bertz CT molecular complexity index is 457. The van der Waals surface area contributed by atoms with Gasteiger partial charge in [-0.1, -0.05) is 41.5 Å². The molecule has 26 heavy (non-hydrogen) atoms. The molecule has 1 heterocycles. The fraction of sp³-hybridized carbons (Fsp3) is 1.00. The van der Waals surface area contributed by atoms with Gasteiger partial charge in [0.2, 0.25) is 0 Å². The zero-order valence-electron chi connectivity index (χ0n) is 18.9. The summed E-state index contributed by atoms with van der Waals surface area (Å²) in [4.78, 5) is 0. The van der Waals surface area contributed by atoms with Crippen LogP contribution in [-0.4, -0.2) is 54.9 Å². The van der Waals surface area contributed by atoms with E-state index in [1.165, 1.54) is 0 Å². The van der Waals surface area contributed by atoms with E-state index in [9.17, 15) is 0 Å². The van der Waals surface area contributed by atoms with Gasteiger partial charge in [0.25, 0.3) is 0 Å². The van der Waals surface area contributed by atoms with Gasteiger partial charge in [-0.2, -0.15) is 0 Å². The van der Waals surface area contributed by atoms with E-state index in [-0.39, 0.29) is 28.4 Å². The third-order valence-corrected chi connectivity index (χ3v) is 15.4. The van der Waals surface area contributed by atoms with E-state index >= 15 is 0 Å². The van der Waals surface area contributed by atoms with Gasteiger partial charge in [-0.05, 0) is 36.3 Å². The summed E-state index contributed by atoms with van der Waals surface area (Å²) in [5.74, 6) is 0. The van der Waals surface area contributed by atoms with Crippen molar-refractivity contribution in [2.75, 3.05) is 13.7 Å². The average Bonchev–Trinajstić information content (AvgIpc) is 2.45. The SMILES string of the molecule is CO[C@H]1O[C@H](CN)C[C@H](O[Si](C)(C)C(C)(C)C)[C@H]1O[Si](C)(C)C(C)(C)C. The van der Waals surface area contributed by atoms with Crippen LogP contribution < -0.4 is 5.73 Å². The molecule has 2 N–H and O–H groups in total. The molecule has 156 valence electrons. The maximum atomic E-state index is 6.80. The maximum Gasteiger partial charge on any atom is 0.192 e. The zero-order valence-corrected chi connectivity index (χ0v) is 20.9. The molecular weight excluding hydrogens is 362 g/mol. The van der Waals surface area contributed by atoms with E-state index in [0.717, 1.165) is 6.42 Å². The quantitative estimate of drug-likeness (QED) is 0.660. The van der Waals surface area contributed by atoms with Crippen LogP contribution in [0, 0.1) is 0 Å². The van der Waals surface area contributed by atoms with Crippen molar-refractivity contribution in [1.29, 1.82) is 0 Å². The lowest BCUT2D eigenvalue weighted by Crippen LogP contribution is -2.60. The minimum absolute atomic E-state index is 0.0581. The van der Waals surface area contributed by atoms with Crippen LogP contribution in [0.2, 0.25) is 36.3 Å². The lowest BCUT2D eigenvalue weighted by Gasteiger charge is -2.49. The van der Waals surface area contributed by atoms with Crippen LogP contribution in [0.25, 0.3) is 0 Å². The molecule has 1 aliphatic rings. The fourth-order valence-corrected chi connectivity index (χ4v) is 5.19. The molecule has 0 spiro atoms. The molecule has 7 heteroatoms. The highest BCUT2D eigenvalue weighted by Crippen LogP contribution is 2.42. The van der Waals surface area contributed by atoms with Crippen molar-refractivity contribution >= 4 is 16.6 Å². The number of methoxy groups -OCH3 is 1. The molecule has 5 nitrogen and oxygen atoms in total. The molecule has 0 aromatic heterocycles. The van der Waals surface area contributed by atoms with Crippen molar-refractivity contribution in [3.63, 3.8) is 0 Å². The van der Waals surface area contributed by atoms with Gasteiger partial charge in [0.1, 0.15) is 6.10 Å². The Morgan fingerprint density at radius 3 is 1.77 bits per heavy atom. The Morgan fingerprint density at radius 1 is 0.923 bits per heavy atom. The summed E-state index contributed by atoms with van der Waals surface area (Å²) in [6, 6.07) is 0. The summed E-state index contributed by atoms with van der Waals surface area (Å²) < 4.78 is 25.3. The van der Waals surface area contributed by atoms with Gasteiger partial charge >= 0.3 is 0 Å². The molecule has 0 amide bonds. The molecule has 1 fully saturated rings. The van der Waals surface area contributed by atoms with Crippen molar-refractivity contribution < 1.29 is 18.3 Å². The Hall–Kier alpha value is 0.234. The molecule has 1 aliphatic heterocycles. The van der Waals surface area contributed by atoms with Crippen molar-refractivity contribution in [3.8, 4) is 0 Å². The van der Waals surface area contributed by atoms with E-state index in [0.29, 0.717) is 6.54 Å². The van der Waals surface area contributed by atoms with Gasteiger partial charge in [0.05, 0.1) is 12.2 Å². The molecular formula is C19H43NO4Si2. The third-order valence-electron chi connectivity index (χ3n) is 6.44. The van der Waals surface area contributed by atoms with Crippen LogP contribution in [0.4, 0.5) is 0 Å².